The largest absolute Gasteiger partial charge is 0.495 e. The Morgan fingerprint density at radius 3 is 2.53 bits per heavy atom. The second kappa shape index (κ2) is 9.71. The maximum atomic E-state index is 12.6. The van der Waals surface area contributed by atoms with Gasteiger partial charge in [-0.15, -0.1) is 0 Å². The van der Waals surface area contributed by atoms with E-state index in [1.165, 1.54) is 44.6 Å². The number of furan rings is 1. The number of carbonyl (C=O) groups is 2. The van der Waals surface area contributed by atoms with Gasteiger partial charge in [-0.25, -0.2) is 0 Å². The van der Waals surface area contributed by atoms with Gasteiger partial charge in [0.15, 0.2) is 10.9 Å². The van der Waals surface area contributed by atoms with Crippen LogP contribution in [0.5, 0.6) is 5.75 Å². The molecule has 0 saturated heterocycles. The molecule has 3 aromatic rings. The molecule has 164 valence electrons. The summed E-state index contributed by atoms with van der Waals surface area (Å²) in [5.41, 5.74) is 0.982. The second-order valence-electron chi connectivity index (χ2n) is 6.46. The van der Waals surface area contributed by atoms with Crippen LogP contribution in [0.2, 0.25) is 0 Å². The number of thiocarbonyl (C=S) groups is 1. The third kappa shape index (κ3) is 5.08. The number of carbonyl (C=O) groups excluding carboxylic acids is 2. The van der Waals surface area contributed by atoms with Crippen LogP contribution in [0.4, 0.5) is 17.1 Å². The molecule has 1 aromatic heterocycles. The molecule has 0 saturated carbocycles. The van der Waals surface area contributed by atoms with Crippen molar-refractivity contribution in [3.63, 3.8) is 0 Å². The Balaban J connectivity index is 1.74. The molecule has 2 amide bonds. The summed E-state index contributed by atoms with van der Waals surface area (Å²) >= 11 is 5.21. The molecule has 32 heavy (non-hydrogen) atoms. The quantitative estimate of drug-likeness (QED) is 0.290. The van der Waals surface area contributed by atoms with E-state index in [-0.39, 0.29) is 27.7 Å². The minimum atomic E-state index is -0.607. The lowest BCUT2D eigenvalue weighted by Crippen LogP contribution is -2.34. The zero-order chi connectivity index (χ0) is 23.3. The van der Waals surface area contributed by atoms with Gasteiger partial charge in [-0.1, -0.05) is 6.07 Å². The van der Waals surface area contributed by atoms with E-state index >= 15 is 0 Å². The number of anilines is 2. The topological polar surface area (TPSA) is 136 Å². The summed E-state index contributed by atoms with van der Waals surface area (Å²) in [7, 11) is 1.45. The van der Waals surface area contributed by atoms with Crippen molar-refractivity contribution in [3.8, 4) is 5.75 Å². The first-order chi connectivity index (χ1) is 15.3. The van der Waals surface area contributed by atoms with Crippen molar-refractivity contribution in [1.82, 2.24) is 5.32 Å². The summed E-state index contributed by atoms with van der Waals surface area (Å²) in [4.78, 5) is 35.3. The van der Waals surface area contributed by atoms with E-state index in [1.54, 1.807) is 24.3 Å². The van der Waals surface area contributed by atoms with Crippen molar-refractivity contribution in [3.05, 3.63) is 81.8 Å². The molecule has 0 fully saturated rings. The molecule has 11 heteroatoms. The number of nitrogens with zero attached hydrogens (tertiary/aromatic N) is 1. The molecule has 0 atom stereocenters. The van der Waals surface area contributed by atoms with Gasteiger partial charge >= 0.3 is 0 Å². The smallest absolute Gasteiger partial charge is 0.291 e. The predicted octanol–water partition coefficient (Wildman–Crippen LogP) is 3.88. The van der Waals surface area contributed by atoms with Crippen LogP contribution in [-0.4, -0.2) is 29.0 Å². The van der Waals surface area contributed by atoms with Crippen molar-refractivity contribution >= 4 is 46.2 Å². The highest BCUT2D eigenvalue weighted by atomic mass is 32.1. The van der Waals surface area contributed by atoms with Crippen molar-refractivity contribution in [2.45, 2.75) is 6.92 Å². The highest BCUT2D eigenvalue weighted by molar-refractivity contribution is 7.80. The average Bonchev–Trinajstić information content (AvgIpc) is 3.29. The number of hydrogen-bond donors (Lipinski definition) is 3. The van der Waals surface area contributed by atoms with Crippen LogP contribution in [0, 0.1) is 17.0 Å². The normalized spacial score (nSPS) is 10.2. The molecule has 1 heterocycles. The number of ether oxygens (including phenoxy) is 1. The van der Waals surface area contributed by atoms with E-state index in [0.29, 0.717) is 17.1 Å². The van der Waals surface area contributed by atoms with Gasteiger partial charge in [-0.05, 0) is 55.5 Å². The zero-order valence-corrected chi connectivity index (χ0v) is 17.8. The number of nitrogens with one attached hydrogen (secondary N) is 3. The van der Waals surface area contributed by atoms with Gasteiger partial charge in [0, 0.05) is 22.9 Å². The lowest BCUT2D eigenvalue weighted by Gasteiger charge is -2.15. The Hall–Kier alpha value is -4.25. The minimum Gasteiger partial charge on any atom is -0.495 e. The number of amides is 2. The molecule has 0 bridgehead atoms. The van der Waals surface area contributed by atoms with E-state index in [9.17, 15) is 19.7 Å². The molecule has 0 unspecified atom stereocenters. The molecular weight excluding hydrogens is 436 g/mol. The monoisotopic (exact) mass is 454 g/mol. The third-order valence-electron chi connectivity index (χ3n) is 4.42. The summed E-state index contributed by atoms with van der Waals surface area (Å²) in [5.74, 6) is -0.498. The summed E-state index contributed by atoms with van der Waals surface area (Å²) in [6.45, 7) is 1.48. The van der Waals surface area contributed by atoms with Crippen LogP contribution in [0.15, 0.2) is 59.2 Å². The van der Waals surface area contributed by atoms with Crippen molar-refractivity contribution in [2.75, 3.05) is 17.7 Å². The van der Waals surface area contributed by atoms with Crippen molar-refractivity contribution < 1.29 is 23.7 Å². The molecular formula is C21H18N4O6S. The fourth-order valence-electron chi connectivity index (χ4n) is 2.88. The van der Waals surface area contributed by atoms with Crippen LogP contribution < -0.4 is 20.7 Å². The number of rotatable bonds is 6. The number of hydrogen-bond acceptors (Lipinski definition) is 7. The number of nitro groups is 1. The van der Waals surface area contributed by atoms with Gasteiger partial charge in [-0.2, -0.15) is 0 Å². The molecule has 0 aliphatic heterocycles. The van der Waals surface area contributed by atoms with Crippen molar-refractivity contribution in [1.29, 1.82) is 0 Å². The van der Waals surface area contributed by atoms with Crippen molar-refractivity contribution in [2.24, 2.45) is 0 Å². The van der Waals surface area contributed by atoms with Gasteiger partial charge in [0.2, 0.25) is 0 Å². The lowest BCUT2D eigenvalue weighted by molar-refractivity contribution is -0.385. The molecule has 0 spiro atoms. The van der Waals surface area contributed by atoms with Gasteiger partial charge in [0.05, 0.1) is 24.0 Å². The van der Waals surface area contributed by atoms with Gasteiger partial charge in [0.1, 0.15) is 5.75 Å². The molecule has 3 rings (SSSR count). The van der Waals surface area contributed by atoms with Crippen LogP contribution in [0.3, 0.4) is 0 Å². The standard InChI is InChI=1S/C21H18N4O6S/c1-12-14(5-3-6-16(12)25(28)29)19(26)24-21(32)23-15-11-13(8-9-17(15)30-2)22-20(27)18-7-4-10-31-18/h3-11H,1-2H3,(H,22,27)(H2,23,24,26,32). The lowest BCUT2D eigenvalue weighted by atomic mass is 10.1. The van der Waals surface area contributed by atoms with E-state index in [1.807, 2.05) is 0 Å². The minimum absolute atomic E-state index is 0.0614. The van der Waals surface area contributed by atoms with E-state index in [4.69, 9.17) is 21.4 Å². The number of nitro benzene ring substituents is 1. The molecule has 10 nitrogen and oxygen atoms in total. The fourth-order valence-corrected chi connectivity index (χ4v) is 3.08. The number of methoxy groups -OCH3 is 1. The first-order valence-corrected chi connectivity index (χ1v) is 9.60. The van der Waals surface area contributed by atoms with E-state index in [2.05, 4.69) is 16.0 Å². The first-order valence-electron chi connectivity index (χ1n) is 9.19. The van der Waals surface area contributed by atoms with Crippen LogP contribution in [0.1, 0.15) is 26.5 Å². The Morgan fingerprint density at radius 1 is 1.09 bits per heavy atom. The molecule has 0 aliphatic rings. The maximum Gasteiger partial charge on any atom is 0.291 e. The molecule has 0 aliphatic carbocycles. The van der Waals surface area contributed by atoms with Crippen LogP contribution in [-0.2, 0) is 0 Å². The molecule has 2 aromatic carbocycles. The molecule has 3 N–H and O–H groups in total. The summed E-state index contributed by atoms with van der Waals surface area (Å²) < 4.78 is 10.4. The van der Waals surface area contributed by atoms with Crippen LogP contribution >= 0.6 is 12.2 Å². The Morgan fingerprint density at radius 2 is 1.88 bits per heavy atom. The zero-order valence-electron chi connectivity index (χ0n) is 17.0. The van der Waals surface area contributed by atoms with Gasteiger partial charge in [0.25, 0.3) is 17.5 Å². The Kier molecular flexibility index (Phi) is 6.80. The summed E-state index contributed by atoms with van der Waals surface area (Å²) in [5, 5.41) is 19.0. The molecule has 0 radical (unpaired) electrons. The van der Waals surface area contributed by atoms with E-state index in [0.717, 1.165) is 0 Å². The third-order valence-corrected chi connectivity index (χ3v) is 4.63. The van der Waals surface area contributed by atoms with Gasteiger partial charge in [-0.3, -0.25) is 25.0 Å². The summed E-state index contributed by atoms with van der Waals surface area (Å²) in [6.07, 6.45) is 1.39. The SMILES string of the molecule is COc1ccc(NC(=O)c2ccco2)cc1NC(=S)NC(=O)c1cccc([N+](=O)[O-])c1C. The Labute approximate surface area is 187 Å². The summed E-state index contributed by atoms with van der Waals surface area (Å²) in [6, 6.07) is 12.1. The first kappa shape index (κ1) is 22.4. The second-order valence-corrected chi connectivity index (χ2v) is 6.87. The highest BCUT2D eigenvalue weighted by Crippen LogP contribution is 2.28. The average molecular weight is 454 g/mol. The van der Waals surface area contributed by atoms with Crippen LogP contribution in [0.25, 0.3) is 0 Å². The van der Waals surface area contributed by atoms with Gasteiger partial charge < -0.3 is 19.8 Å². The van der Waals surface area contributed by atoms with E-state index < -0.39 is 16.7 Å². The maximum absolute atomic E-state index is 12.6. The fraction of sp³-hybridized carbons (Fsp3) is 0.0952. The predicted molar refractivity (Wildman–Crippen MR) is 121 cm³/mol. The number of benzene rings is 2. The highest BCUT2D eigenvalue weighted by Gasteiger charge is 2.19. The Bertz CT molecular complexity index is 1190.